The number of amidine groups is 2. The molecule has 3 aromatic rings. The first-order valence-corrected chi connectivity index (χ1v) is 14.1. The third-order valence-electron chi connectivity index (χ3n) is 8.07. The summed E-state index contributed by atoms with van der Waals surface area (Å²) in [6, 6.07) is 21.9. The standard InChI is InChI=1S/C32H38N6O2/c1-2-3-10-29-35-32(17-6-7-18-32)31(40)38(29)20-22-11-13-23(14-12-22)28-19-24(15-16-27(28)30(33)36-37-34)26-9-5-4-8-25(26)21-39/h4-5,8-9,11-16,19,37,39H,2-3,6-7,10,17-18,20-21,34H2,1H3,(H2,33,36). The number of nitrogens with zero attached hydrogens (tertiary/aromatic N) is 3. The molecule has 1 aliphatic heterocycles. The van der Waals surface area contributed by atoms with E-state index in [0.29, 0.717) is 6.54 Å². The van der Waals surface area contributed by atoms with E-state index < -0.39 is 5.54 Å². The zero-order chi connectivity index (χ0) is 28.1. The predicted molar refractivity (Wildman–Crippen MR) is 160 cm³/mol. The normalized spacial score (nSPS) is 16.6. The number of carbonyl (C=O) groups is 1. The van der Waals surface area contributed by atoms with Crippen LogP contribution in [0.2, 0.25) is 0 Å². The van der Waals surface area contributed by atoms with Gasteiger partial charge in [-0.15, -0.1) is 5.10 Å². The summed E-state index contributed by atoms with van der Waals surface area (Å²) in [5.74, 6) is 6.79. The van der Waals surface area contributed by atoms with Crippen LogP contribution in [0.4, 0.5) is 0 Å². The second-order valence-electron chi connectivity index (χ2n) is 10.7. The van der Waals surface area contributed by atoms with Gasteiger partial charge in [0.1, 0.15) is 11.4 Å². The summed E-state index contributed by atoms with van der Waals surface area (Å²) in [6.45, 7) is 2.63. The predicted octanol–water partition coefficient (Wildman–Crippen LogP) is 4.84. The quantitative estimate of drug-likeness (QED) is 0.127. The van der Waals surface area contributed by atoms with Gasteiger partial charge in [0.15, 0.2) is 5.84 Å². The number of benzene rings is 3. The average Bonchev–Trinajstić information content (AvgIpc) is 3.56. The molecule has 2 aliphatic rings. The smallest absolute Gasteiger partial charge is 0.256 e. The van der Waals surface area contributed by atoms with Gasteiger partial charge in [-0.2, -0.15) is 0 Å². The van der Waals surface area contributed by atoms with E-state index in [1.165, 1.54) is 0 Å². The van der Waals surface area contributed by atoms with Crippen molar-refractivity contribution in [1.82, 2.24) is 10.4 Å². The molecule has 0 saturated heterocycles. The lowest BCUT2D eigenvalue weighted by atomic mass is 9.92. The van der Waals surface area contributed by atoms with Gasteiger partial charge < -0.3 is 10.8 Å². The van der Waals surface area contributed by atoms with Crippen LogP contribution in [0.5, 0.6) is 0 Å². The number of unbranched alkanes of at least 4 members (excludes halogenated alkanes) is 1. The van der Waals surface area contributed by atoms with Gasteiger partial charge in [-0.05, 0) is 64.8 Å². The van der Waals surface area contributed by atoms with Gasteiger partial charge in [0.25, 0.3) is 5.91 Å². The highest BCUT2D eigenvalue weighted by atomic mass is 16.3. The Balaban J connectivity index is 1.46. The Morgan fingerprint density at radius 3 is 2.48 bits per heavy atom. The first kappa shape index (κ1) is 27.6. The van der Waals surface area contributed by atoms with Gasteiger partial charge in [0, 0.05) is 12.0 Å². The molecule has 1 heterocycles. The molecule has 0 unspecified atom stereocenters. The minimum Gasteiger partial charge on any atom is -0.392 e. The fourth-order valence-electron chi connectivity index (χ4n) is 5.91. The minimum atomic E-state index is -0.531. The van der Waals surface area contributed by atoms with Crippen LogP contribution in [-0.4, -0.2) is 33.1 Å². The number of hydrazone groups is 1. The third-order valence-corrected chi connectivity index (χ3v) is 8.07. The number of nitrogens with two attached hydrogens (primary N) is 2. The molecule has 208 valence electrons. The zero-order valence-electron chi connectivity index (χ0n) is 23.1. The van der Waals surface area contributed by atoms with E-state index in [1.807, 2.05) is 53.4 Å². The van der Waals surface area contributed by atoms with E-state index in [0.717, 1.165) is 89.7 Å². The van der Waals surface area contributed by atoms with Crippen molar-refractivity contribution in [2.75, 3.05) is 0 Å². The van der Waals surface area contributed by atoms with Crippen molar-refractivity contribution in [2.45, 2.75) is 70.6 Å². The lowest BCUT2D eigenvalue weighted by Gasteiger charge is -2.23. The van der Waals surface area contributed by atoms with Gasteiger partial charge in [-0.25, -0.2) is 11.4 Å². The molecule has 0 bridgehead atoms. The van der Waals surface area contributed by atoms with Crippen molar-refractivity contribution >= 4 is 17.6 Å². The summed E-state index contributed by atoms with van der Waals surface area (Å²) in [5.41, 5.74) is 14.4. The van der Waals surface area contributed by atoms with E-state index in [2.05, 4.69) is 35.8 Å². The molecule has 1 amide bonds. The summed E-state index contributed by atoms with van der Waals surface area (Å²) < 4.78 is 0. The maximum atomic E-state index is 13.6. The zero-order valence-corrected chi connectivity index (χ0v) is 23.1. The third kappa shape index (κ3) is 5.37. The van der Waals surface area contributed by atoms with E-state index in [4.69, 9.17) is 16.6 Å². The van der Waals surface area contributed by atoms with Crippen LogP contribution in [-0.2, 0) is 17.9 Å². The molecular weight excluding hydrogens is 500 g/mol. The summed E-state index contributed by atoms with van der Waals surface area (Å²) in [5, 5.41) is 13.9. The van der Waals surface area contributed by atoms with Crippen molar-refractivity contribution in [3.8, 4) is 22.3 Å². The Hall–Kier alpha value is -4.01. The molecule has 5 rings (SSSR count). The molecular formula is C32H38N6O2. The van der Waals surface area contributed by atoms with E-state index in [-0.39, 0.29) is 18.3 Å². The number of aliphatic hydroxyl groups excluding tert-OH is 1. The lowest BCUT2D eigenvalue weighted by Crippen LogP contribution is -2.40. The number of rotatable bonds is 10. The molecule has 1 fully saturated rings. The van der Waals surface area contributed by atoms with Crippen LogP contribution >= 0.6 is 0 Å². The van der Waals surface area contributed by atoms with Gasteiger partial charge in [0.2, 0.25) is 0 Å². The van der Waals surface area contributed by atoms with Crippen molar-refractivity contribution in [1.29, 1.82) is 0 Å². The molecule has 8 heteroatoms. The first-order chi connectivity index (χ1) is 19.5. The highest BCUT2D eigenvalue weighted by Crippen LogP contribution is 2.40. The van der Waals surface area contributed by atoms with Crippen LogP contribution in [0.15, 0.2) is 76.8 Å². The van der Waals surface area contributed by atoms with Crippen LogP contribution < -0.4 is 17.1 Å². The number of aliphatic imine (C=N–C) groups is 1. The van der Waals surface area contributed by atoms with Gasteiger partial charge in [0.05, 0.1) is 13.2 Å². The lowest BCUT2D eigenvalue weighted by molar-refractivity contribution is -0.131. The summed E-state index contributed by atoms with van der Waals surface area (Å²) in [7, 11) is 0. The van der Waals surface area contributed by atoms with Crippen LogP contribution in [0, 0.1) is 0 Å². The van der Waals surface area contributed by atoms with E-state index >= 15 is 0 Å². The molecule has 0 radical (unpaired) electrons. The maximum absolute atomic E-state index is 13.6. The van der Waals surface area contributed by atoms with Crippen LogP contribution in [0.25, 0.3) is 22.3 Å². The molecule has 1 saturated carbocycles. The molecule has 1 aliphatic carbocycles. The highest BCUT2D eigenvalue weighted by molar-refractivity contribution is 6.08. The van der Waals surface area contributed by atoms with E-state index in [9.17, 15) is 9.90 Å². The molecule has 1 spiro atoms. The molecule has 6 N–H and O–H groups in total. The molecule has 0 atom stereocenters. The first-order valence-electron chi connectivity index (χ1n) is 14.1. The highest BCUT2D eigenvalue weighted by Gasteiger charge is 2.49. The largest absolute Gasteiger partial charge is 0.392 e. The SMILES string of the molecule is CCCCC1=NC2(CCCC2)C(=O)N1Cc1ccc(-c2cc(-c3ccccc3CO)ccc2/C(N)=N/NN)cc1. The van der Waals surface area contributed by atoms with Gasteiger partial charge in [-0.1, -0.05) is 80.8 Å². The van der Waals surface area contributed by atoms with Gasteiger partial charge >= 0.3 is 0 Å². The maximum Gasteiger partial charge on any atom is 0.256 e. The Kier molecular flexibility index (Phi) is 8.28. The topological polar surface area (TPSA) is 129 Å². The number of amides is 1. The summed E-state index contributed by atoms with van der Waals surface area (Å²) in [6.07, 6.45) is 6.77. The Morgan fingerprint density at radius 1 is 1.05 bits per heavy atom. The Morgan fingerprint density at radius 2 is 1.77 bits per heavy atom. The van der Waals surface area contributed by atoms with E-state index in [1.54, 1.807) is 0 Å². The average molecular weight is 539 g/mol. The molecule has 3 aromatic carbocycles. The van der Waals surface area contributed by atoms with Crippen molar-refractivity contribution in [3.63, 3.8) is 0 Å². The monoisotopic (exact) mass is 538 g/mol. The molecule has 0 aromatic heterocycles. The number of nitrogens with one attached hydrogen (secondary N) is 1. The fraction of sp³-hybridized carbons (Fsp3) is 0.344. The summed E-state index contributed by atoms with van der Waals surface area (Å²) in [4.78, 5) is 20.5. The number of carbonyl (C=O) groups excluding carboxylic acids is 1. The van der Waals surface area contributed by atoms with Crippen molar-refractivity contribution < 1.29 is 9.90 Å². The number of hydrazine groups is 1. The Labute approximate surface area is 235 Å². The Bertz CT molecular complexity index is 1420. The van der Waals surface area contributed by atoms with Crippen LogP contribution in [0.3, 0.4) is 0 Å². The number of hydrogen-bond acceptors (Lipinski definition) is 6. The fourth-order valence-corrected chi connectivity index (χ4v) is 5.91. The molecule has 8 nitrogen and oxygen atoms in total. The van der Waals surface area contributed by atoms with Crippen molar-refractivity contribution in [2.24, 2.45) is 21.7 Å². The van der Waals surface area contributed by atoms with Crippen molar-refractivity contribution in [3.05, 3.63) is 83.4 Å². The minimum absolute atomic E-state index is 0.0529. The molecule has 40 heavy (non-hydrogen) atoms. The van der Waals surface area contributed by atoms with Crippen LogP contribution in [0.1, 0.15) is 68.6 Å². The van der Waals surface area contributed by atoms with Gasteiger partial charge in [-0.3, -0.25) is 14.7 Å². The second-order valence-corrected chi connectivity index (χ2v) is 10.7. The second kappa shape index (κ2) is 12.0. The summed E-state index contributed by atoms with van der Waals surface area (Å²) >= 11 is 0. The number of hydrogen-bond donors (Lipinski definition) is 4. The number of aliphatic hydroxyl groups is 1.